The molecule has 2 amide bonds. The third-order valence-corrected chi connectivity index (χ3v) is 5.89. The van der Waals surface area contributed by atoms with Crippen LogP contribution in [0, 0.1) is 5.41 Å². The molecule has 2 aliphatic carbocycles. The van der Waals surface area contributed by atoms with Crippen molar-refractivity contribution in [3.8, 4) is 0 Å². The van der Waals surface area contributed by atoms with Crippen LogP contribution in [0.1, 0.15) is 56.9 Å². The number of benzene rings is 1. The van der Waals surface area contributed by atoms with E-state index in [-0.39, 0.29) is 17.9 Å². The molecule has 128 valence electrons. The molecule has 1 aromatic rings. The summed E-state index contributed by atoms with van der Waals surface area (Å²) in [6.07, 6.45) is 9.14. The van der Waals surface area contributed by atoms with Gasteiger partial charge in [-0.15, -0.1) is 0 Å². The van der Waals surface area contributed by atoms with E-state index in [1.165, 1.54) is 24.8 Å². The number of nitrogens with zero attached hydrogens (tertiary/aromatic N) is 1. The average Bonchev–Trinajstić information content (AvgIpc) is 3.43. The molecule has 4 nitrogen and oxygen atoms in total. The van der Waals surface area contributed by atoms with Crippen LogP contribution in [-0.2, 0) is 16.0 Å². The van der Waals surface area contributed by atoms with Crippen LogP contribution in [0.5, 0.6) is 0 Å². The van der Waals surface area contributed by atoms with Crippen LogP contribution in [0.4, 0.5) is 5.69 Å². The molecule has 0 unspecified atom stereocenters. The topological polar surface area (TPSA) is 49.4 Å². The minimum atomic E-state index is -0.790. The number of aryl methyl sites for hydroxylation is 1. The van der Waals surface area contributed by atoms with Crippen molar-refractivity contribution >= 4 is 17.5 Å². The molecular weight excluding hydrogens is 300 g/mol. The Morgan fingerprint density at radius 3 is 2.54 bits per heavy atom. The predicted molar refractivity (Wildman–Crippen MR) is 93.8 cm³/mol. The van der Waals surface area contributed by atoms with E-state index in [1.54, 1.807) is 0 Å². The number of nitrogens with one attached hydrogen (secondary N) is 1. The molecule has 2 saturated carbocycles. The second-order valence-corrected chi connectivity index (χ2v) is 7.58. The summed E-state index contributed by atoms with van der Waals surface area (Å²) in [6.45, 7) is 0.730. The van der Waals surface area contributed by atoms with Gasteiger partial charge in [-0.05, 0) is 50.2 Å². The van der Waals surface area contributed by atoms with Gasteiger partial charge in [0.2, 0.25) is 11.8 Å². The second-order valence-electron chi connectivity index (χ2n) is 7.58. The molecule has 1 aliphatic heterocycles. The van der Waals surface area contributed by atoms with Gasteiger partial charge in [-0.1, -0.05) is 37.5 Å². The van der Waals surface area contributed by atoms with E-state index in [9.17, 15) is 9.59 Å². The van der Waals surface area contributed by atoms with Crippen LogP contribution in [-0.4, -0.2) is 24.4 Å². The molecule has 0 aromatic heterocycles. The molecule has 1 N–H and O–H groups in total. The smallest absolute Gasteiger partial charge is 0.242 e. The average molecular weight is 326 g/mol. The first-order valence-corrected chi connectivity index (χ1v) is 9.41. The fourth-order valence-corrected chi connectivity index (χ4v) is 4.24. The minimum Gasteiger partial charge on any atom is -0.352 e. The van der Waals surface area contributed by atoms with Crippen LogP contribution < -0.4 is 10.2 Å². The Bertz CT molecular complexity index is 645. The highest BCUT2D eigenvalue weighted by atomic mass is 16.2. The first kappa shape index (κ1) is 15.7. The number of anilines is 1. The van der Waals surface area contributed by atoms with Gasteiger partial charge in [-0.3, -0.25) is 9.59 Å². The van der Waals surface area contributed by atoms with Crippen molar-refractivity contribution in [2.45, 2.75) is 63.8 Å². The van der Waals surface area contributed by atoms with Crippen LogP contribution in [0.25, 0.3) is 0 Å². The summed E-state index contributed by atoms with van der Waals surface area (Å²) in [6, 6.07) is 8.38. The van der Waals surface area contributed by atoms with Gasteiger partial charge in [-0.25, -0.2) is 0 Å². The zero-order valence-corrected chi connectivity index (χ0v) is 14.2. The van der Waals surface area contributed by atoms with E-state index in [0.29, 0.717) is 12.8 Å². The van der Waals surface area contributed by atoms with Crippen molar-refractivity contribution in [1.82, 2.24) is 5.32 Å². The molecule has 4 heteroatoms. The van der Waals surface area contributed by atoms with Crippen molar-refractivity contribution in [3.63, 3.8) is 0 Å². The summed E-state index contributed by atoms with van der Waals surface area (Å²) in [5.41, 5.74) is 1.44. The molecule has 0 radical (unpaired) electrons. The molecular formula is C20H26N2O2. The number of para-hydroxylation sites is 1. The van der Waals surface area contributed by atoms with Crippen LogP contribution >= 0.6 is 0 Å². The summed E-state index contributed by atoms with van der Waals surface area (Å²) in [5.74, 6) is -0.00888. The zero-order chi connectivity index (χ0) is 16.6. The van der Waals surface area contributed by atoms with Crippen molar-refractivity contribution in [2.75, 3.05) is 11.4 Å². The highest BCUT2D eigenvalue weighted by Crippen LogP contribution is 2.49. The maximum atomic E-state index is 13.2. The summed E-state index contributed by atoms with van der Waals surface area (Å²) >= 11 is 0. The van der Waals surface area contributed by atoms with E-state index in [2.05, 4.69) is 11.4 Å². The van der Waals surface area contributed by atoms with Crippen LogP contribution in [0.2, 0.25) is 0 Å². The number of hydrogen-bond donors (Lipinski definition) is 1. The molecule has 0 saturated heterocycles. The van der Waals surface area contributed by atoms with Gasteiger partial charge in [0, 0.05) is 18.3 Å². The third kappa shape index (κ3) is 2.72. The Balaban J connectivity index is 1.50. The molecule has 2 fully saturated rings. The van der Waals surface area contributed by atoms with E-state index in [4.69, 9.17) is 0 Å². The lowest BCUT2D eigenvalue weighted by molar-refractivity contribution is -0.136. The van der Waals surface area contributed by atoms with E-state index >= 15 is 0 Å². The van der Waals surface area contributed by atoms with Gasteiger partial charge in [0.15, 0.2) is 0 Å². The molecule has 0 spiro atoms. The summed E-state index contributed by atoms with van der Waals surface area (Å²) in [7, 11) is 0. The predicted octanol–water partition coefficient (Wildman–Crippen LogP) is 3.19. The SMILES string of the molecule is O=C(NC1CCCCC1)C1(C(=O)N2CCCc3ccccc32)CC1. The first-order chi connectivity index (χ1) is 11.7. The van der Waals surface area contributed by atoms with Gasteiger partial charge in [0.1, 0.15) is 5.41 Å². The molecule has 0 atom stereocenters. The number of hydrogen-bond acceptors (Lipinski definition) is 2. The Hall–Kier alpha value is -1.84. The summed E-state index contributed by atoms with van der Waals surface area (Å²) in [5, 5.41) is 3.18. The molecule has 24 heavy (non-hydrogen) atoms. The number of carbonyl (C=O) groups excluding carboxylic acids is 2. The lowest BCUT2D eigenvalue weighted by Crippen LogP contribution is -2.49. The van der Waals surface area contributed by atoms with Crippen molar-refractivity contribution in [2.24, 2.45) is 5.41 Å². The number of fused-ring (bicyclic) bond motifs is 1. The van der Waals surface area contributed by atoms with Crippen molar-refractivity contribution in [1.29, 1.82) is 0 Å². The largest absolute Gasteiger partial charge is 0.352 e. The van der Waals surface area contributed by atoms with Crippen molar-refractivity contribution in [3.05, 3.63) is 29.8 Å². The van der Waals surface area contributed by atoms with Crippen molar-refractivity contribution < 1.29 is 9.59 Å². The Kier molecular flexibility index (Phi) is 4.07. The molecule has 1 aromatic carbocycles. The normalized spacial score (nSPS) is 22.6. The first-order valence-electron chi connectivity index (χ1n) is 9.41. The fourth-order valence-electron chi connectivity index (χ4n) is 4.24. The van der Waals surface area contributed by atoms with Gasteiger partial charge < -0.3 is 10.2 Å². The van der Waals surface area contributed by atoms with E-state index in [1.807, 2.05) is 23.1 Å². The van der Waals surface area contributed by atoms with Gasteiger partial charge >= 0.3 is 0 Å². The molecule has 3 aliphatic rings. The second kappa shape index (κ2) is 6.23. The van der Waals surface area contributed by atoms with Gasteiger partial charge in [-0.2, -0.15) is 0 Å². The third-order valence-electron chi connectivity index (χ3n) is 5.89. The Morgan fingerprint density at radius 2 is 1.79 bits per heavy atom. The van der Waals surface area contributed by atoms with Gasteiger partial charge in [0.05, 0.1) is 0 Å². The number of carbonyl (C=O) groups is 2. The van der Waals surface area contributed by atoms with Crippen LogP contribution in [0.15, 0.2) is 24.3 Å². The lowest BCUT2D eigenvalue weighted by atomic mass is 9.93. The maximum Gasteiger partial charge on any atom is 0.242 e. The molecule has 0 bridgehead atoms. The molecule has 1 heterocycles. The number of rotatable bonds is 3. The highest BCUT2D eigenvalue weighted by Gasteiger charge is 2.58. The van der Waals surface area contributed by atoms with E-state index < -0.39 is 5.41 Å². The fraction of sp³-hybridized carbons (Fsp3) is 0.600. The Labute approximate surface area is 143 Å². The maximum absolute atomic E-state index is 13.2. The van der Waals surface area contributed by atoms with E-state index in [0.717, 1.165) is 37.9 Å². The monoisotopic (exact) mass is 326 g/mol. The quantitative estimate of drug-likeness (QED) is 0.867. The highest BCUT2D eigenvalue weighted by molar-refractivity contribution is 6.14. The Morgan fingerprint density at radius 1 is 1.04 bits per heavy atom. The summed E-state index contributed by atoms with van der Waals surface area (Å²) < 4.78 is 0. The minimum absolute atomic E-state index is 0.0166. The molecule has 4 rings (SSSR count). The van der Waals surface area contributed by atoms with Gasteiger partial charge in [0.25, 0.3) is 0 Å². The van der Waals surface area contributed by atoms with Crippen LogP contribution in [0.3, 0.4) is 0 Å². The summed E-state index contributed by atoms with van der Waals surface area (Å²) in [4.78, 5) is 27.9. The number of amides is 2. The standard InChI is InChI=1S/C20H26N2O2/c23-18(21-16-9-2-1-3-10-16)20(12-13-20)19(24)22-14-6-8-15-7-4-5-11-17(15)22/h4-5,7,11,16H,1-3,6,8-10,12-14H2,(H,21,23). The zero-order valence-electron chi connectivity index (χ0n) is 14.2. The lowest BCUT2D eigenvalue weighted by Gasteiger charge is -2.33.